The quantitative estimate of drug-likeness (QED) is 0.0617. The fourth-order valence-electron chi connectivity index (χ4n) is 4.35. The summed E-state index contributed by atoms with van der Waals surface area (Å²) >= 11 is 0. The summed E-state index contributed by atoms with van der Waals surface area (Å²) in [4.78, 5) is 83.1. The van der Waals surface area contributed by atoms with Crippen LogP contribution >= 0.6 is 0 Å². The molecular formula is C26H43N5O15. The molecule has 20 heteroatoms. The number of carboxylic acid groups (broad SMARTS) is 3. The molecule has 1 fully saturated rings. The van der Waals surface area contributed by atoms with Crippen LogP contribution in [-0.2, 0) is 43.0 Å². The maximum atomic E-state index is 12.7. The molecule has 0 aromatic carbocycles. The molecule has 1 saturated heterocycles. The standard InChI is InChI=1S/C26H43N5O15/c1-10(28-22(37)11(2)45-20-16(9-32)46-26(44)18(19(20)35)29-12(3)33)21(36)31-15(25(42)43)7-8-17(34)30-14(24(40)41)6-4-5-13(27)23(38)39/h10-11,13-16,18-20,26,32,35,44H,4-9,27H2,1-3H3,(H,28,37)(H,29,33)(H,30,34)(H,31,36)(H,38,39)(H,40,41)(H,42,43)/t10?,11?,13-,14+,15?,16-,18-,19-,20-,26?/m1/s1. The van der Waals surface area contributed by atoms with Crippen molar-refractivity contribution in [2.24, 2.45) is 5.73 Å². The fourth-order valence-corrected chi connectivity index (χ4v) is 4.35. The molecule has 4 amide bonds. The maximum Gasteiger partial charge on any atom is 0.326 e. The van der Waals surface area contributed by atoms with E-state index in [4.69, 9.17) is 20.3 Å². The number of carbonyl (C=O) groups excluding carboxylic acids is 4. The smallest absolute Gasteiger partial charge is 0.326 e. The molecule has 0 aliphatic carbocycles. The summed E-state index contributed by atoms with van der Waals surface area (Å²) in [6, 6.07) is -6.89. The Morgan fingerprint density at radius 2 is 1.43 bits per heavy atom. The van der Waals surface area contributed by atoms with Crippen molar-refractivity contribution in [3.63, 3.8) is 0 Å². The second-order valence-corrected chi connectivity index (χ2v) is 10.7. The third-order valence-electron chi connectivity index (χ3n) is 6.96. The number of amides is 4. The van der Waals surface area contributed by atoms with Crippen LogP contribution in [0.4, 0.5) is 0 Å². The molecule has 262 valence electrons. The number of hydrogen-bond donors (Lipinski definition) is 11. The molecule has 20 nitrogen and oxygen atoms in total. The molecule has 4 unspecified atom stereocenters. The third kappa shape index (κ3) is 12.8. The van der Waals surface area contributed by atoms with E-state index in [1.54, 1.807) is 0 Å². The van der Waals surface area contributed by atoms with Gasteiger partial charge in [0.25, 0.3) is 0 Å². The van der Waals surface area contributed by atoms with Crippen molar-refractivity contribution in [2.75, 3.05) is 6.61 Å². The first-order valence-corrected chi connectivity index (χ1v) is 14.3. The Labute approximate surface area is 263 Å². The van der Waals surface area contributed by atoms with Crippen LogP contribution in [0.3, 0.4) is 0 Å². The number of nitrogens with one attached hydrogen (secondary N) is 4. The molecule has 0 saturated carbocycles. The molecule has 0 spiro atoms. The van der Waals surface area contributed by atoms with E-state index in [2.05, 4.69) is 21.3 Å². The number of carbonyl (C=O) groups is 7. The Morgan fingerprint density at radius 3 is 1.96 bits per heavy atom. The molecular weight excluding hydrogens is 622 g/mol. The van der Waals surface area contributed by atoms with Crippen LogP contribution in [0, 0.1) is 0 Å². The maximum absolute atomic E-state index is 12.7. The Bertz CT molecular complexity index is 1110. The SMILES string of the molecule is CC(=O)N[C@H]1C(O)O[C@H](CO)[C@@H](OC(C)C(=O)NC(C)C(=O)NC(CCC(=O)N[C@@H](CCC[C@@H](N)C(=O)O)C(=O)O)C(=O)O)[C@@H]1O. The predicted molar refractivity (Wildman–Crippen MR) is 151 cm³/mol. The molecule has 12 N–H and O–H groups in total. The Balaban J connectivity index is 2.71. The summed E-state index contributed by atoms with van der Waals surface area (Å²) in [6.07, 6.45) is -8.44. The van der Waals surface area contributed by atoms with E-state index in [-0.39, 0.29) is 19.3 Å². The summed E-state index contributed by atoms with van der Waals surface area (Å²) in [5.74, 6) is -7.50. The summed E-state index contributed by atoms with van der Waals surface area (Å²) in [5.41, 5.74) is 5.37. The Hall–Kier alpha value is -3.95. The van der Waals surface area contributed by atoms with Gasteiger partial charge in [-0.2, -0.15) is 0 Å². The highest BCUT2D eigenvalue weighted by atomic mass is 16.6. The van der Waals surface area contributed by atoms with E-state index >= 15 is 0 Å². The van der Waals surface area contributed by atoms with Crippen molar-refractivity contribution in [1.82, 2.24) is 21.3 Å². The van der Waals surface area contributed by atoms with Gasteiger partial charge in [0.05, 0.1) is 6.61 Å². The van der Waals surface area contributed by atoms with Crippen molar-refractivity contribution < 1.29 is 73.7 Å². The average Bonchev–Trinajstić information content (AvgIpc) is 2.97. The number of aliphatic carboxylic acids is 3. The summed E-state index contributed by atoms with van der Waals surface area (Å²) in [7, 11) is 0. The molecule has 1 aliphatic heterocycles. The van der Waals surface area contributed by atoms with Gasteiger partial charge in [-0.15, -0.1) is 0 Å². The van der Waals surface area contributed by atoms with Gasteiger partial charge in [-0.1, -0.05) is 0 Å². The van der Waals surface area contributed by atoms with Crippen molar-refractivity contribution in [3.05, 3.63) is 0 Å². The van der Waals surface area contributed by atoms with Gasteiger partial charge in [0.2, 0.25) is 23.6 Å². The van der Waals surface area contributed by atoms with Crippen LogP contribution in [-0.4, -0.2) is 140 Å². The predicted octanol–water partition coefficient (Wildman–Crippen LogP) is -4.66. The number of nitrogens with two attached hydrogens (primary N) is 1. The first-order chi connectivity index (χ1) is 21.4. The Kier molecular flexibility index (Phi) is 16.5. The highest BCUT2D eigenvalue weighted by Gasteiger charge is 2.46. The number of ether oxygens (including phenoxy) is 2. The van der Waals surface area contributed by atoms with Crippen LogP contribution in [0.15, 0.2) is 0 Å². The van der Waals surface area contributed by atoms with Crippen LogP contribution in [0.2, 0.25) is 0 Å². The van der Waals surface area contributed by atoms with Crippen LogP contribution in [0.5, 0.6) is 0 Å². The number of rotatable bonds is 19. The number of aliphatic hydroxyl groups excluding tert-OH is 3. The van der Waals surface area contributed by atoms with Crippen LogP contribution in [0.25, 0.3) is 0 Å². The third-order valence-corrected chi connectivity index (χ3v) is 6.96. The highest BCUT2D eigenvalue weighted by molar-refractivity contribution is 5.91. The molecule has 0 aromatic rings. The molecule has 1 rings (SSSR count). The fraction of sp³-hybridized carbons (Fsp3) is 0.731. The Morgan fingerprint density at radius 1 is 0.848 bits per heavy atom. The second-order valence-electron chi connectivity index (χ2n) is 10.7. The van der Waals surface area contributed by atoms with Crippen molar-refractivity contribution >= 4 is 41.5 Å². The van der Waals surface area contributed by atoms with Gasteiger partial charge in [-0.25, -0.2) is 9.59 Å². The van der Waals surface area contributed by atoms with E-state index in [9.17, 15) is 59.1 Å². The zero-order valence-electron chi connectivity index (χ0n) is 25.5. The molecule has 0 bridgehead atoms. The molecule has 0 radical (unpaired) electrons. The van der Waals surface area contributed by atoms with Gasteiger partial charge in [0.1, 0.15) is 54.6 Å². The normalized spacial score (nSPS) is 24.3. The van der Waals surface area contributed by atoms with Gasteiger partial charge < -0.3 is 67.1 Å². The van der Waals surface area contributed by atoms with Gasteiger partial charge in [0, 0.05) is 13.3 Å². The zero-order valence-corrected chi connectivity index (χ0v) is 25.5. The first-order valence-electron chi connectivity index (χ1n) is 14.3. The van der Waals surface area contributed by atoms with Gasteiger partial charge in [-0.05, 0) is 39.5 Å². The van der Waals surface area contributed by atoms with Gasteiger partial charge >= 0.3 is 17.9 Å². The highest BCUT2D eigenvalue weighted by Crippen LogP contribution is 2.23. The van der Waals surface area contributed by atoms with E-state index < -0.39 is 122 Å². The monoisotopic (exact) mass is 665 g/mol. The minimum absolute atomic E-state index is 0.0366. The van der Waals surface area contributed by atoms with Crippen LogP contribution in [0.1, 0.15) is 52.9 Å². The van der Waals surface area contributed by atoms with Gasteiger partial charge in [-0.3, -0.25) is 24.0 Å². The molecule has 1 aliphatic rings. The van der Waals surface area contributed by atoms with Crippen molar-refractivity contribution in [2.45, 2.75) is 114 Å². The van der Waals surface area contributed by atoms with Crippen LogP contribution < -0.4 is 27.0 Å². The molecule has 10 atom stereocenters. The number of carboxylic acids is 3. The number of hydrogen-bond acceptors (Lipinski definition) is 13. The molecule has 0 aromatic heterocycles. The lowest BCUT2D eigenvalue weighted by Gasteiger charge is -2.43. The lowest BCUT2D eigenvalue weighted by molar-refractivity contribution is -0.268. The summed E-state index contributed by atoms with van der Waals surface area (Å²) < 4.78 is 10.7. The number of aliphatic hydroxyl groups is 3. The molecule has 1 heterocycles. The van der Waals surface area contributed by atoms with E-state index in [1.165, 1.54) is 13.8 Å². The minimum Gasteiger partial charge on any atom is -0.480 e. The zero-order chi connectivity index (χ0) is 35.3. The van der Waals surface area contributed by atoms with Crippen molar-refractivity contribution in [3.8, 4) is 0 Å². The molecule has 46 heavy (non-hydrogen) atoms. The summed E-state index contributed by atoms with van der Waals surface area (Å²) in [6.45, 7) is 2.85. The van der Waals surface area contributed by atoms with Gasteiger partial charge in [0.15, 0.2) is 6.29 Å². The van der Waals surface area contributed by atoms with Crippen molar-refractivity contribution in [1.29, 1.82) is 0 Å². The van der Waals surface area contributed by atoms with E-state index in [1.807, 2.05) is 0 Å². The summed E-state index contributed by atoms with van der Waals surface area (Å²) in [5, 5.41) is 66.8. The largest absolute Gasteiger partial charge is 0.480 e. The lowest BCUT2D eigenvalue weighted by atomic mass is 9.96. The topological polar surface area (TPSA) is 333 Å². The van der Waals surface area contributed by atoms with E-state index in [0.717, 1.165) is 6.92 Å². The first kappa shape index (κ1) is 40.1. The average molecular weight is 666 g/mol. The lowest BCUT2D eigenvalue weighted by Crippen LogP contribution is -2.65. The minimum atomic E-state index is -1.69. The van der Waals surface area contributed by atoms with E-state index in [0.29, 0.717) is 0 Å². The second kappa shape index (κ2) is 18.9.